The van der Waals surface area contributed by atoms with Gasteiger partial charge in [-0.05, 0) is 39.0 Å². The molecule has 0 saturated heterocycles. The summed E-state index contributed by atoms with van der Waals surface area (Å²) in [6.45, 7) is 5.92. The lowest BCUT2D eigenvalue weighted by atomic mass is 10.2. The van der Waals surface area contributed by atoms with Gasteiger partial charge < -0.3 is 20.2 Å². The minimum absolute atomic E-state index is 0.434. The van der Waals surface area contributed by atoms with E-state index >= 15 is 0 Å². The van der Waals surface area contributed by atoms with Crippen molar-refractivity contribution in [3.8, 4) is 0 Å². The van der Waals surface area contributed by atoms with Crippen LogP contribution in [0.2, 0.25) is 0 Å². The quantitative estimate of drug-likeness (QED) is 0.513. The summed E-state index contributed by atoms with van der Waals surface area (Å²) >= 11 is 3.39. The van der Waals surface area contributed by atoms with E-state index in [1.807, 2.05) is 39.0 Å². The van der Waals surface area contributed by atoms with Gasteiger partial charge >= 0.3 is 6.09 Å². The summed E-state index contributed by atoms with van der Waals surface area (Å²) in [5.74, 6) is 0. The molecule has 0 spiro atoms. The molecule has 0 bridgehead atoms. The Hall–Kier alpha value is -2.28. The van der Waals surface area contributed by atoms with Crippen LogP contribution in [0.4, 0.5) is 4.79 Å². The Morgan fingerprint density at radius 3 is 2.84 bits per heavy atom. The molecular formula is C18H20BrN3O3. The lowest BCUT2D eigenvalue weighted by Gasteiger charge is -2.19. The van der Waals surface area contributed by atoms with Crippen LogP contribution >= 0.6 is 15.9 Å². The summed E-state index contributed by atoms with van der Waals surface area (Å²) in [6.07, 6.45) is 1.74. The molecule has 6 nitrogen and oxygen atoms in total. The third-order valence-electron chi connectivity index (χ3n) is 3.69. The molecule has 132 valence electrons. The highest BCUT2D eigenvalue weighted by Crippen LogP contribution is 2.25. The van der Waals surface area contributed by atoms with Crippen LogP contribution in [0.5, 0.6) is 0 Å². The van der Waals surface area contributed by atoms with Crippen LogP contribution in [-0.2, 0) is 11.2 Å². The fraction of sp³-hybridized carbons (Fsp3) is 0.333. The molecule has 3 aromatic rings. The highest BCUT2D eigenvalue weighted by atomic mass is 79.9. The minimum atomic E-state index is -0.514. The van der Waals surface area contributed by atoms with Crippen LogP contribution in [0.1, 0.15) is 26.5 Å². The molecule has 3 rings (SSSR count). The highest BCUT2D eigenvalue weighted by molar-refractivity contribution is 9.10. The van der Waals surface area contributed by atoms with Gasteiger partial charge in [-0.2, -0.15) is 4.73 Å². The van der Waals surface area contributed by atoms with Gasteiger partial charge in [0.2, 0.25) is 5.52 Å². The fourth-order valence-electron chi connectivity index (χ4n) is 2.70. The van der Waals surface area contributed by atoms with Crippen molar-refractivity contribution in [3.63, 3.8) is 0 Å². The number of carbonyl (C=O) groups excluding carboxylic acids is 1. The Morgan fingerprint density at radius 2 is 2.12 bits per heavy atom. The summed E-state index contributed by atoms with van der Waals surface area (Å²) < 4.78 is 6.94. The number of H-pyrrole nitrogens is 1. The molecule has 7 heteroatoms. The number of rotatable bonds is 3. The summed E-state index contributed by atoms with van der Waals surface area (Å²) in [5.41, 5.74) is 1.95. The number of aromatic nitrogens is 2. The average Bonchev–Trinajstić information content (AvgIpc) is 2.88. The van der Waals surface area contributed by atoms with E-state index in [9.17, 15) is 10.0 Å². The number of ether oxygens (including phenoxy) is 1. The highest BCUT2D eigenvalue weighted by Gasteiger charge is 2.16. The van der Waals surface area contributed by atoms with Crippen LogP contribution in [0.3, 0.4) is 0 Å². The zero-order chi connectivity index (χ0) is 18.2. The molecule has 0 unspecified atom stereocenters. The average molecular weight is 406 g/mol. The molecule has 25 heavy (non-hydrogen) atoms. The number of carbonyl (C=O) groups is 1. The Kier molecular flexibility index (Phi) is 4.60. The Labute approximate surface area is 153 Å². The number of aromatic amines is 1. The predicted octanol–water partition coefficient (Wildman–Crippen LogP) is 3.78. The van der Waals surface area contributed by atoms with E-state index in [0.717, 1.165) is 31.2 Å². The van der Waals surface area contributed by atoms with Crippen molar-refractivity contribution in [1.29, 1.82) is 0 Å². The van der Waals surface area contributed by atoms with Crippen molar-refractivity contribution in [2.24, 2.45) is 0 Å². The SMILES string of the molecule is CC(C)(C)OC(=O)NCCc1cc2c[n+]([O-])c3cc(Br)ccc3c2[nH]1. The normalized spacial score (nSPS) is 11.8. The second-order valence-corrected chi connectivity index (χ2v) is 7.84. The summed E-state index contributed by atoms with van der Waals surface area (Å²) in [7, 11) is 0. The van der Waals surface area contributed by atoms with E-state index in [2.05, 4.69) is 26.2 Å². The van der Waals surface area contributed by atoms with Crippen LogP contribution < -0.4 is 10.0 Å². The monoisotopic (exact) mass is 405 g/mol. The molecule has 2 heterocycles. The van der Waals surface area contributed by atoms with Gasteiger partial charge in [0.05, 0.1) is 16.3 Å². The molecule has 0 aliphatic rings. The maximum atomic E-state index is 12.2. The van der Waals surface area contributed by atoms with E-state index in [0.29, 0.717) is 18.5 Å². The standard InChI is InChI=1S/C18H20BrN3O3/c1-18(2,3)25-17(23)20-7-6-13-8-11-10-22(24)15-9-12(19)4-5-14(15)16(11)21-13/h4-5,8-10,21H,6-7H2,1-3H3,(H,20,23). The second-order valence-electron chi connectivity index (χ2n) is 6.92. The number of fused-ring (bicyclic) bond motifs is 3. The maximum absolute atomic E-state index is 12.2. The van der Waals surface area contributed by atoms with Crippen LogP contribution in [-0.4, -0.2) is 23.2 Å². The molecular weight excluding hydrogens is 386 g/mol. The number of nitrogens with one attached hydrogen (secondary N) is 2. The number of amides is 1. The number of hydrogen-bond donors (Lipinski definition) is 2. The molecule has 0 saturated carbocycles. The topological polar surface area (TPSA) is 81.1 Å². The van der Waals surface area contributed by atoms with Gasteiger partial charge in [0, 0.05) is 29.2 Å². The molecule has 0 aliphatic carbocycles. The summed E-state index contributed by atoms with van der Waals surface area (Å²) in [6, 6.07) is 7.55. The zero-order valence-corrected chi connectivity index (χ0v) is 15.9. The molecule has 0 radical (unpaired) electrons. The molecule has 1 amide bonds. The van der Waals surface area contributed by atoms with Crippen molar-refractivity contribution >= 4 is 43.8 Å². The van der Waals surface area contributed by atoms with Crippen LogP contribution in [0.25, 0.3) is 21.8 Å². The fourth-order valence-corrected chi connectivity index (χ4v) is 3.04. The van der Waals surface area contributed by atoms with E-state index in [4.69, 9.17) is 4.74 Å². The lowest BCUT2D eigenvalue weighted by Crippen LogP contribution is -2.33. The smallest absolute Gasteiger partial charge is 0.407 e. The van der Waals surface area contributed by atoms with Crippen LogP contribution in [0, 0.1) is 5.21 Å². The first kappa shape index (κ1) is 17.5. The third kappa shape index (κ3) is 4.04. The molecule has 2 N–H and O–H groups in total. The van der Waals surface area contributed by atoms with Crippen molar-refractivity contribution in [2.75, 3.05) is 6.54 Å². The number of alkyl carbamates (subject to hydrolysis) is 1. The van der Waals surface area contributed by atoms with Crippen LogP contribution in [0.15, 0.2) is 34.9 Å². The number of benzene rings is 1. The zero-order valence-electron chi connectivity index (χ0n) is 14.4. The van der Waals surface area contributed by atoms with Crippen molar-refractivity contribution < 1.29 is 14.3 Å². The molecule has 2 aromatic heterocycles. The molecule has 0 atom stereocenters. The number of halogens is 1. The van der Waals surface area contributed by atoms with E-state index in [1.54, 1.807) is 12.3 Å². The van der Waals surface area contributed by atoms with Gasteiger partial charge in [-0.1, -0.05) is 15.9 Å². The summed E-state index contributed by atoms with van der Waals surface area (Å²) in [5, 5.41) is 16.6. The third-order valence-corrected chi connectivity index (χ3v) is 4.18. The number of pyridine rings is 1. The van der Waals surface area contributed by atoms with Gasteiger partial charge in [-0.3, -0.25) is 0 Å². The first-order chi connectivity index (χ1) is 11.7. The number of nitrogens with zero attached hydrogens (tertiary/aromatic N) is 1. The predicted molar refractivity (Wildman–Crippen MR) is 100 cm³/mol. The van der Waals surface area contributed by atoms with Crippen molar-refractivity contribution in [3.05, 3.63) is 45.8 Å². The Balaban J connectivity index is 1.78. The van der Waals surface area contributed by atoms with Gasteiger partial charge in [0.1, 0.15) is 5.60 Å². The molecule has 1 aromatic carbocycles. The van der Waals surface area contributed by atoms with Gasteiger partial charge in [-0.15, -0.1) is 0 Å². The maximum Gasteiger partial charge on any atom is 0.407 e. The number of hydrogen-bond acceptors (Lipinski definition) is 3. The van der Waals surface area contributed by atoms with E-state index in [1.165, 1.54) is 0 Å². The van der Waals surface area contributed by atoms with E-state index < -0.39 is 11.7 Å². The molecule has 0 fully saturated rings. The minimum Gasteiger partial charge on any atom is -0.618 e. The van der Waals surface area contributed by atoms with Crippen molar-refractivity contribution in [2.45, 2.75) is 32.8 Å². The van der Waals surface area contributed by atoms with Gasteiger partial charge in [0.25, 0.3) is 0 Å². The molecule has 0 aliphatic heterocycles. The Morgan fingerprint density at radius 1 is 1.36 bits per heavy atom. The first-order valence-corrected chi connectivity index (χ1v) is 8.82. The Bertz CT molecular complexity index is 944. The second kappa shape index (κ2) is 6.55. The van der Waals surface area contributed by atoms with Crippen molar-refractivity contribution in [1.82, 2.24) is 10.3 Å². The summed E-state index contributed by atoms with van der Waals surface area (Å²) in [4.78, 5) is 15.0. The first-order valence-electron chi connectivity index (χ1n) is 8.03. The van der Waals surface area contributed by atoms with E-state index in [-0.39, 0.29) is 0 Å². The van der Waals surface area contributed by atoms with Gasteiger partial charge in [0.15, 0.2) is 6.20 Å². The lowest BCUT2D eigenvalue weighted by molar-refractivity contribution is -0.575. The van der Waals surface area contributed by atoms with Gasteiger partial charge in [-0.25, -0.2) is 4.79 Å². The largest absolute Gasteiger partial charge is 0.618 e.